The maximum absolute atomic E-state index is 12.1. The normalized spacial score (nSPS) is 10.4. The highest BCUT2D eigenvalue weighted by molar-refractivity contribution is 9.10. The molecule has 0 aliphatic rings. The molecule has 0 atom stereocenters. The van der Waals surface area contributed by atoms with Crippen LogP contribution in [0.4, 0.5) is 5.69 Å². The maximum atomic E-state index is 12.1. The van der Waals surface area contributed by atoms with Crippen molar-refractivity contribution < 1.29 is 18.7 Å². The smallest absolute Gasteiger partial charge is 0.374 e. The maximum Gasteiger partial charge on any atom is 0.374 e. The molecule has 138 valence electrons. The van der Waals surface area contributed by atoms with Gasteiger partial charge >= 0.3 is 5.97 Å². The predicted molar refractivity (Wildman–Crippen MR) is 107 cm³/mol. The first-order valence-corrected chi connectivity index (χ1v) is 9.75. The zero-order valence-electron chi connectivity index (χ0n) is 13.8. The predicted octanol–water partition coefficient (Wildman–Crippen LogP) is 5.64. The molecule has 1 aromatic heterocycles. The highest BCUT2D eigenvalue weighted by atomic mass is 79.9. The van der Waals surface area contributed by atoms with Crippen LogP contribution in [0, 0.1) is 0 Å². The number of esters is 1. The average Bonchev–Trinajstić information content (AvgIpc) is 3.10. The lowest BCUT2D eigenvalue weighted by atomic mass is 10.3. The Bertz CT molecular complexity index is 958. The Labute approximate surface area is 173 Å². The van der Waals surface area contributed by atoms with E-state index in [-0.39, 0.29) is 5.76 Å². The van der Waals surface area contributed by atoms with Crippen LogP contribution in [0.3, 0.4) is 0 Å². The van der Waals surface area contributed by atoms with Gasteiger partial charge in [0, 0.05) is 14.8 Å². The SMILES string of the molecule is O=C(COC(=O)c1ccc(Br)o1)Nc1ccccc1Sc1ccc(Cl)cc1. The molecule has 27 heavy (non-hydrogen) atoms. The molecule has 0 spiro atoms. The number of carbonyl (C=O) groups is 2. The summed E-state index contributed by atoms with van der Waals surface area (Å²) in [4.78, 5) is 25.8. The average molecular weight is 467 g/mol. The van der Waals surface area contributed by atoms with Gasteiger partial charge in [0.15, 0.2) is 11.3 Å². The molecule has 0 saturated carbocycles. The summed E-state index contributed by atoms with van der Waals surface area (Å²) in [7, 11) is 0. The number of carbonyl (C=O) groups excluding carboxylic acids is 2. The third-order valence-corrected chi connectivity index (χ3v) is 5.07. The highest BCUT2D eigenvalue weighted by Gasteiger charge is 2.15. The van der Waals surface area contributed by atoms with Gasteiger partial charge in [-0.05, 0) is 64.5 Å². The number of anilines is 1. The fourth-order valence-electron chi connectivity index (χ4n) is 2.10. The van der Waals surface area contributed by atoms with Gasteiger partial charge in [-0.3, -0.25) is 4.79 Å². The Kier molecular flexibility index (Phi) is 6.60. The number of ether oxygens (including phenoxy) is 1. The van der Waals surface area contributed by atoms with Gasteiger partial charge in [-0.2, -0.15) is 0 Å². The van der Waals surface area contributed by atoms with Gasteiger partial charge in [-0.15, -0.1) is 0 Å². The molecule has 3 aromatic rings. The zero-order chi connectivity index (χ0) is 19.2. The van der Waals surface area contributed by atoms with Crippen molar-refractivity contribution in [2.24, 2.45) is 0 Å². The van der Waals surface area contributed by atoms with Crippen molar-refractivity contribution >= 4 is 56.9 Å². The molecule has 0 fully saturated rings. The van der Waals surface area contributed by atoms with Crippen LogP contribution in [0.5, 0.6) is 0 Å². The number of amides is 1. The molecule has 8 heteroatoms. The van der Waals surface area contributed by atoms with Gasteiger partial charge in [0.25, 0.3) is 5.91 Å². The summed E-state index contributed by atoms with van der Waals surface area (Å²) in [5.74, 6) is -1.13. The first kappa shape index (κ1) is 19.5. The number of rotatable bonds is 6. The lowest BCUT2D eigenvalue weighted by Crippen LogP contribution is -2.21. The lowest BCUT2D eigenvalue weighted by Gasteiger charge is -2.11. The molecule has 1 N–H and O–H groups in total. The van der Waals surface area contributed by atoms with Gasteiger partial charge in [-0.1, -0.05) is 35.5 Å². The molecular formula is C19H13BrClNO4S. The van der Waals surface area contributed by atoms with E-state index in [9.17, 15) is 9.59 Å². The number of nitrogens with one attached hydrogen (secondary N) is 1. The summed E-state index contributed by atoms with van der Waals surface area (Å²) < 4.78 is 10.5. The van der Waals surface area contributed by atoms with Crippen molar-refractivity contribution in [3.05, 3.63) is 76.1 Å². The summed E-state index contributed by atoms with van der Waals surface area (Å²) in [6.45, 7) is -0.420. The van der Waals surface area contributed by atoms with E-state index in [0.29, 0.717) is 15.4 Å². The molecule has 5 nitrogen and oxygen atoms in total. The van der Waals surface area contributed by atoms with Crippen LogP contribution in [-0.2, 0) is 9.53 Å². The van der Waals surface area contributed by atoms with Crippen LogP contribution in [0.2, 0.25) is 5.02 Å². The summed E-state index contributed by atoms with van der Waals surface area (Å²) in [6, 6.07) is 17.8. The summed E-state index contributed by atoms with van der Waals surface area (Å²) in [5, 5.41) is 3.41. The van der Waals surface area contributed by atoms with Crippen LogP contribution >= 0.6 is 39.3 Å². The molecule has 0 aliphatic heterocycles. The van der Waals surface area contributed by atoms with E-state index in [1.54, 1.807) is 24.3 Å². The van der Waals surface area contributed by atoms with Crippen LogP contribution in [0.15, 0.2) is 79.5 Å². The van der Waals surface area contributed by atoms with E-state index in [1.807, 2.05) is 30.3 Å². The number of halogens is 2. The summed E-state index contributed by atoms with van der Waals surface area (Å²) in [5.41, 5.74) is 0.624. The Hall–Kier alpha value is -2.22. The van der Waals surface area contributed by atoms with Gasteiger partial charge in [0.2, 0.25) is 5.76 Å². The van der Waals surface area contributed by atoms with Crippen molar-refractivity contribution in [2.45, 2.75) is 9.79 Å². The third kappa shape index (κ3) is 5.63. The van der Waals surface area contributed by atoms with Crippen molar-refractivity contribution in [2.75, 3.05) is 11.9 Å². The van der Waals surface area contributed by atoms with Crippen molar-refractivity contribution in [1.82, 2.24) is 0 Å². The minimum absolute atomic E-state index is 0.0216. The molecule has 0 radical (unpaired) electrons. The second kappa shape index (κ2) is 9.12. The topological polar surface area (TPSA) is 68.5 Å². The summed E-state index contributed by atoms with van der Waals surface area (Å²) >= 11 is 10.5. The van der Waals surface area contributed by atoms with Crippen LogP contribution in [0.25, 0.3) is 0 Å². The minimum Gasteiger partial charge on any atom is -0.450 e. The number of hydrogen-bond donors (Lipinski definition) is 1. The minimum atomic E-state index is -0.709. The Balaban J connectivity index is 1.60. The molecule has 0 saturated heterocycles. The lowest BCUT2D eigenvalue weighted by molar-refractivity contribution is -0.119. The van der Waals surface area contributed by atoms with Crippen LogP contribution < -0.4 is 5.32 Å². The van der Waals surface area contributed by atoms with E-state index in [4.69, 9.17) is 20.8 Å². The number of benzene rings is 2. The largest absolute Gasteiger partial charge is 0.450 e. The third-order valence-electron chi connectivity index (χ3n) is 3.31. The van der Waals surface area contributed by atoms with Crippen molar-refractivity contribution in [3.8, 4) is 0 Å². The fourth-order valence-corrected chi connectivity index (χ4v) is 3.44. The molecule has 3 rings (SSSR count). The quantitative estimate of drug-likeness (QED) is 0.476. The molecule has 0 bridgehead atoms. The zero-order valence-corrected chi connectivity index (χ0v) is 16.9. The van der Waals surface area contributed by atoms with E-state index in [0.717, 1.165) is 9.79 Å². The second-order valence-electron chi connectivity index (χ2n) is 5.28. The number of hydrogen-bond acceptors (Lipinski definition) is 5. The van der Waals surface area contributed by atoms with Crippen molar-refractivity contribution in [1.29, 1.82) is 0 Å². The number of furan rings is 1. The molecule has 2 aromatic carbocycles. The Morgan fingerprint density at radius 1 is 1.07 bits per heavy atom. The van der Waals surface area contributed by atoms with E-state index < -0.39 is 18.5 Å². The monoisotopic (exact) mass is 465 g/mol. The summed E-state index contributed by atoms with van der Waals surface area (Å²) in [6.07, 6.45) is 0. The second-order valence-corrected chi connectivity index (χ2v) is 7.61. The highest BCUT2D eigenvalue weighted by Crippen LogP contribution is 2.33. The molecule has 0 unspecified atom stereocenters. The van der Waals surface area contributed by atoms with Crippen LogP contribution in [-0.4, -0.2) is 18.5 Å². The van der Waals surface area contributed by atoms with Gasteiger partial charge < -0.3 is 14.5 Å². The Morgan fingerprint density at radius 2 is 1.81 bits per heavy atom. The van der Waals surface area contributed by atoms with E-state index in [1.165, 1.54) is 17.8 Å². The van der Waals surface area contributed by atoms with Gasteiger partial charge in [-0.25, -0.2) is 4.79 Å². The first-order valence-electron chi connectivity index (χ1n) is 7.76. The standard InChI is InChI=1S/C19H13BrClNO4S/c20-17-10-9-15(26-17)19(24)25-11-18(23)22-14-3-1-2-4-16(14)27-13-7-5-12(21)6-8-13/h1-10H,11H2,(H,22,23). The van der Waals surface area contributed by atoms with E-state index >= 15 is 0 Å². The Morgan fingerprint density at radius 3 is 2.52 bits per heavy atom. The fraction of sp³-hybridized carbons (Fsp3) is 0.0526. The van der Waals surface area contributed by atoms with Crippen LogP contribution in [0.1, 0.15) is 10.6 Å². The molecule has 1 amide bonds. The van der Waals surface area contributed by atoms with E-state index in [2.05, 4.69) is 21.2 Å². The van der Waals surface area contributed by atoms with Crippen molar-refractivity contribution in [3.63, 3.8) is 0 Å². The molecule has 0 aliphatic carbocycles. The first-order chi connectivity index (χ1) is 13.0. The molecular weight excluding hydrogens is 454 g/mol. The van der Waals surface area contributed by atoms with Gasteiger partial charge in [0.05, 0.1) is 5.69 Å². The molecule has 1 heterocycles. The van der Waals surface area contributed by atoms with Gasteiger partial charge in [0.1, 0.15) is 0 Å². The number of para-hydroxylation sites is 1.